The van der Waals surface area contributed by atoms with Crippen molar-refractivity contribution in [3.05, 3.63) is 52.5 Å². The number of likely N-dealkylation sites (tertiary alicyclic amines) is 1. The molecule has 6 nitrogen and oxygen atoms in total. The normalized spacial score (nSPS) is 16.8. The van der Waals surface area contributed by atoms with Crippen LogP contribution in [0.5, 0.6) is 0 Å². The molecule has 1 fully saturated rings. The quantitative estimate of drug-likeness (QED) is 0.741. The maximum absolute atomic E-state index is 12.8. The minimum Gasteiger partial charge on any atom is -0.387 e. The Labute approximate surface area is 156 Å². The number of aliphatic hydroxyl groups is 1. The van der Waals surface area contributed by atoms with Gasteiger partial charge in [-0.25, -0.2) is 0 Å². The van der Waals surface area contributed by atoms with Crippen molar-refractivity contribution in [2.75, 3.05) is 13.1 Å². The Morgan fingerprint density at radius 3 is 2.81 bits per heavy atom. The molecule has 0 unspecified atom stereocenters. The standard InChI is InChI=1S/C19H22N4O2S/c1-22-8-2-4-16(22)14-12-15(21-20-14)19(25)23-9-6-13(7-10-23)18(24)17-5-3-11-26-17/h2-5,8,11-13,18,24H,6-7,9-10H2,1H3,(H,20,21)/t18-/m1/s1. The number of thiophene rings is 1. The number of aromatic nitrogens is 3. The van der Waals surface area contributed by atoms with Crippen LogP contribution in [0.3, 0.4) is 0 Å². The third-order valence-electron chi connectivity index (χ3n) is 5.12. The predicted molar refractivity (Wildman–Crippen MR) is 101 cm³/mol. The molecule has 3 aromatic rings. The molecule has 1 atom stereocenters. The third kappa shape index (κ3) is 3.20. The molecule has 1 amide bonds. The highest BCUT2D eigenvalue weighted by Gasteiger charge is 2.29. The van der Waals surface area contributed by atoms with Crippen molar-refractivity contribution in [3.8, 4) is 11.4 Å². The van der Waals surface area contributed by atoms with Crippen molar-refractivity contribution in [1.82, 2.24) is 19.7 Å². The molecule has 1 saturated heterocycles. The van der Waals surface area contributed by atoms with Gasteiger partial charge in [-0.1, -0.05) is 6.07 Å². The lowest BCUT2D eigenvalue weighted by atomic mass is 9.90. The number of H-pyrrole nitrogens is 1. The first-order chi connectivity index (χ1) is 12.6. The molecular formula is C19H22N4O2S. The summed E-state index contributed by atoms with van der Waals surface area (Å²) >= 11 is 1.59. The molecule has 1 aliphatic heterocycles. The molecule has 0 saturated carbocycles. The van der Waals surface area contributed by atoms with E-state index in [1.807, 2.05) is 58.4 Å². The molecule has 0 aliphatic carbocycles. The molecule has 4 rings (SSSR count). The number of amides is 1. The lowest BCUT2D eigenvalue weighted by Gasteiger charge is -2.33. The van der Waals surface area contributed by atoms with Crippen LogP contribution >= 0.6 is 11.3 Å². The number of hydrogen-bond acceptors (Lipinski definition) is 4. The number of carbonyl (C=O) groups excluding carboxylic acids is 1. The fraction of sp³-hybridized carbons (Fsp3) is 0.368. The number of aryl methyl sites for hydroxylation is 1. The van der Waals surface area contributed by atoms with Gasteiger partial charge in [0.05, 0.1) is 11.8 Å². The van der Waals surface area contributed by atoms with Crippen LogP contribution in [0.2, 0.25) is 0 Å². The van der Waals surface area contributed by atoms with E-state index in [1.165, 1.54) is 0 Å². The van der Waals surface area contributed by atoms with Gasteiger partial charge in [-0.2, -0.15) is 5.10 Å². The number of nitrogens with zero attached hydrogens (tertiary/aromatic N) is 3. The van der Waals surface area contributed by atoms with Crippen LogP contribution in [-0.4, -0.2) is 43.8 Å². The Balaban J connectivity index is 1.40. The second-order valence-corrected chi connectivity index (χ2v) is 7.74. The largest absolute Gasteiger partial charge is 0.387 e. The van der Waals surface area contributed by atoms with Crippen LogP contribution < -0.4 is 0 Å². The van der Waals surface area contributed by atoms with E-state index in [0.29, 0.717) is 18.8 Å². The summed E-state index contributed by atoms with van der Waals surface area (Å²) in [5.41, 5.74) is 2.25. The molecular weight excluding hydrogens is 348 g/mol. The molecule has 0 radical (unpaired) electrons. The van der Waals surface area contributed by atoms with Crippen molar-refractivity contribution in [2.24, 2.45) is 13.0 Å². The first-order valence-corrected chi connectivity index (χ1v) is 9.69. The summed E-state index contributed by atoms with van der Waals surface area (Å²) in [4.78, 5) is 15.6. The van der Waals surface area contributed by atoms with E-state index in [4.69, 9.17) is 0 Å². The number of hydrogen-bond donors (Lipinski definition) is 2. The molecule has 7 heteroatoms. The zero-order valence-corrected chi connectivity index (χ0v) is 15.4. The summed E-state index contributed by atoms with van der Waals surface area (Å²) in [5, 5.41) is 19.6. The number of carbonyl (C=O) groups is 1. The van der Waals surface area contributed by atoms with E-state index in [2.05, 4.69) is 10.2 Å². The Morgan fingerprint density at radius 2 is 2.15 bits per heavy atom. The van der Waals surface area contributed by atoms with E-state index in [1.54, 1.807) is 11.3 Å². The fourth-order valence-electron chi connectivity index (χ4n) is 3.57. The maximum Gasteiger partial charge on any atom is 0.271 e. The first-order valence-electron chi connectivity index (χ1n) is 8.81. The Morgan fingerprint density at radius 1 is 1.35 bits per heavy atom. The molecule has 26 heavy (non-hydrogen) atoms. The third-order valence-corrected chi connectivity index (χ3v) is 6.07. The number of aromatic amines is 1. The highest BCUT2D eigenvalue weighted by Crippen LogP contribution is 2.33. The Kier molecular flexibility index (Phi) is 4.65. The van der Waals surface area contributed by atoms with Gasteiger partial charge in [0.15, 0.2) is 0 Å². The van der Waals surface area contributed by atoms with Crippen LogP contribution in [0.15, 0.2) is 41.9 Å². The van der Waals surface area contributed by atoms with Crippen molar-refractivity contribution in [3.63, 3.8) is 0 Å². The summed E-state index contributed by atoms with van der Waals surface area (Å²) in [6.45, 7) is 1.31. The van der Waals surface area contributed by atoms with E-state index >= 15 is 0 Å². The fourth-order valence-corrected chi connectivity index (χ4v) is 4.37. The molecule has 3 aromatic heterocycles. The minimum absolute atomic E-state index is 0.0259. The van der Waals surface area contributed by atoms with Crippen molar-refractivity contribution >= 4 is 17.2 Å². The Hall–Kier alpha value is -2.38. The molecule has 136 valence electrons. The summed E-state index contributed by atoms with van der Waals surface area (Å²) < 4.78 is 1.97. The van der Waals surface area contributed by atoms with Gasteiger partial charge in [0.1, 0.15) is 11.4 Å². The molecule has 4 heterocycles. The van der Waals surface area contributed by atoms with E-state index in [9.17, 15) is 9.90 Å². The topological polar surface area (TPSA) is 74.2 Å². The molecule has 1 aliphatic rings. The highest BCUT2D eigenvalue weighted by atomic mass is 32.1. The number of nitrogens with one attached hydrogen (secondary N) is 1. The van der Waals surface area contributed by atoms with E-state index < -0.39 is 6.10 Å². The minimum atomic E-state index is -0.427. The second kappa shape index (κ2) is 7.09. The monoisotopic (exact) mass is 370 g/mol. The average Bonchev–Trinajstić information content (AvgIpc) is 3.41. The van der Waals surface area contributed by atoms with Gasteiger partial charge >= 0.3 is 0 Å². The van der Waals surface area contributed by atoms with Crippen molar-refractivity contribution in [1.29, 1.82) is 0 Å². The van der Waals surface area contributed by atoms with Crippen LogP contribution in [-0.2, 0) is 7.05 Å². The zero-order chi connectivity index (χ0) is 18.1. The Bertz CT molecular complexity index is 875. The summed E-state index contributed by atoms with van der Waals surface area (Å²) in [6, 6.07) is 9.67. The maximum atomic E-state index is 12.8. The summed E-state index contributed by atoms with van der Waals surface area (Å²) in [5.74, 6) is 0.181. The van der Waals surface area contributed by atoms with Gasteiger partial charge in [-0.15, -0.1) is 11.3 Å². The average molecular weight is 370 g/mol. The van der Waals surface area contributed by atoms with Crippen LogP contribution in [0.4, 0.5) is 0 Å². The predicted octanol–water partition coefficient (Wildman–Crippen LogP) is 3.06. The van der Waals surface area contributed by atoms with Gasteiger partial charge in [0.2, 0.25) is 0 Å². The van der Waals surface area contributed by atoms with Gasteiger partial charge in [-0.05, 0) is 48.4 Å². The van der Waals surface area contributed by atoms with Gasteiger partial charge in [0.25, 0.3) is 5.91 Å². The van der Waals surface area contributed by atoms with Gasteiger partial charge in [-0.3, -0.25) is 9.89 Å². The van der Waals surface area contributed by atoms with Crippen LogP contribution in [0.1, 0.15) is 34.3 Å². The van der Waals surface area contributed by atoms with Crippen LogP contribution in [0.25, 0.3) is 11.4 Å². The van der Waals surface area contributed by atoms with E-state index in [0.717, 1.165) is 29.1 Å². The van der Waals surface area contributed by atoms with Crippen molar-refractivity contribution in [2.45, 2.75) is 18.9 Å². The lowest BCUT2D eigenvalue weighted by Crippen LogP contribution is -2.39. The molecule has 0 aromatic carbocycles. The van der Waals surface area contributed by atoms with Gasteiger partial charge < -0.3 is 14.6 Å². The summed E-state index contributed by atoms with van der Waals surface area (Å²) in [6.07, 6.45) is 3.14. The highest BCUT2D eigenvalue weighted by molar-refractivity contribution is 7.10. The number of rotatable bonds is 4. The second-order valence-electron chi connectivity index (χ2n) is 6.76. The molecule has 0 spiro atoms. The molecule has 0 bridgehead atoms. The number of aliphatic hydroxyl groups excluding tert-OH is 1. The zero-order valence-electron chi connectivity index (χ0n) is 14.6. The smallest absolute Gasteiger partial charge is 0.271 e. The SMILES string of the molecule is Cn1cccc1-c1cc(C(=O)N2CCC([C@@H](O)c3cccs3)CC2)[nH]n1. The summed E-state index contributed by atoms with van der Waals surface area (Å²) in [7, 11) is 1.95. The lowest BCUT2D eigenvalue weighted by molar-refractivity contribution is 0.0470. The molecule has 2 N–H and O–H groups in total. The van der Waals surface area contributed by atoms with Crippen molar-refractivity contribution < 1.29 is 9.90 Å². The van der Waals surface area contributed by atoms with Crippen LogP contribution in [0, 0.1) is 5.92 Å². The van der Waals surface area contributed by atoms with E-state index in [-0.39, 0.29) is 11.8 Å². The first kappa shape index (κ1) is 17.1. The van der Waals surface area contributed by atoms with Gasteiger partial charge in [0, 0.05) is 31.2 Å². The number of piperidine rings is 1.